The fourth-order valence-corrected chi connectivity index (χ4v) is 4.51. The van der Waals surface area contributed by atoms with Crippen molar-refractivity contribution in [2.45, 2.75) is 25.8 Å². The Bertz CT molecular complexity index is 1040. The van der Waals surface area contributed by atoms with Crippen molar-refractivity contribution in [3.63, 3.8) is 0 Å². The van der Waals surface area contributed by atoms with E-state index < -0.39 is 0 Å². The van der Waals surface area contributed by atoms with Gasteiger partial charge in [-0.25, -0.2) is 4.98 Å². The highest BCUT2D eigenvalue weighted by Crippen LogP contribution is 2.11. The van der Waals surface area contributed by atoms with Crippen LogP contribution in [0.1, 0.15) is 24.1 Å². The van der Waals surface area contributed by atoms with Crippen molar-refractivity contribution in [3.05, 3.63) is 69.6 Å². The Morgan fingerprint density at radius 1 is 1.10 bits per heavy atom. The summed E-state index contributed by atoms with van der Waals surface area (Å²) in [5.74, 6) is 0.197. The largest absolute Gasteiger partial charge is 0.381 e. The third kappa shape index (κ3) is 6.00. The van der Waals surface area contributed by atoms with Gasteiger partial charge in [0.25, 0.3) is 5.56 Å². The number of amides is 1. The smallest absolute Gasteiger partial charge is 0.258 e. The third-order valence-corrected chi connectivity index (χ3v) is 6.28. The number of thiazole rings is 1. The monoisotopic (exact) mass is 440 g/mol. The second-order valence-electron chi connectivity index (χ2n) is 7.75. The van der Waals surface area contributed by atoms with Gasteiger partial charge in [0.2, 0.25) is 5.91 Å². The highest BCUT2D eigenvalue weighted by Gasteiger charge is 2.21. The average molecular weight is 441 g/mol. The van der Waals surface area contributed by atoms with Crippen LogP contribution in [0, 0.1) is 0 Å². The Morgan fingerprint density at radius 2 is 1.90 bits per heavy atom. The van der Waals surface area contributed by atoms with E-state index in [9.17, 15) is 9.59 Å². The lowest BCUT2D eigenvalue weighted by molar-refractivity contribution is -0.133. The number of rotatable bonds is 9. The van der Waals surface area contributed by atoms with Gasteiger partial charge in [-0.15, -0.1) is 11.3 Å². The van der Waals surface area contributed by atoms with Crippen LogP contribution in [0.25, 0.3) is 4.96 Å². The van der Waals surface area contributed by atoms with E-state index in [2.05, 4.69) is 22.0 Å². The quantitative estimate of drug-likeness (QED) is 0.478. The molecule has 8 heteroatoms. The highest BCUT2D eigenvalue weighted by atomic mass is 32.1. The zero-order valence-electron chi connectivity index (χ0n) is 17.6. The van der Waals surface area contributed by atoms with Gasteiger partial charge in [-0.2, -0.15) is 0 Å². The number of fused-ring (bicyclic) bond motifs is 1. The molecule has 1 aromatic carbocycles. The van der Waals surface area contributed by atoms with Crippen molar-refractivity contribution >= 4 is 22.2 Å². The van der Waals surface area contributed by atoms with Gasteiger partial charge in [0.05, 0.1) is 12.3 Å². The number of hydrogen-bond donors (Lipinski definition) is 0. The first-order valence-corrected chi connectivity index (χ1v) is 11.6. The average Bonchev–Trinajstić information content (AvgIpc) is 3.26. The molecule has 31 heavy (non-hydrogen) atoms. The minimum Gasteiger partial charge on any atom is -0.381 e. The lowest BCUT2D eigenvalue weighted by atomic mass is 10.2. The fourth-order valence-electron chi connectivity index (χ4n) is 3.77. The van der Waals surface area contributed by atoms with E-state index in [4.69, 9.17) is 4.74 Å². The molecular weight excluding hydrogens is 412 g/mol. The Kier molecular flexibility index (Phi) is 7.45. The molecular formula is C23H28N4O3S. The van der Waals surface area contributed by atoms with Crippen LogP contribution in [0.4, 0.5) is 0 Å². The van der Waals surface area contributed by atoms with Crippen molar-refractivity contribution < 1.29 is 9.53 Å². The van der Waals surface area contributed by atoms with Crippen LogP contribution in [-0.2, 0) is 22.5 Å². The molecule has 0 unspecified atom stereocenters. The molecule has 3 heterocycles. The molecule has 4 rings (SSSR count). The van der Waals surface area contributed by atoms with Gasteiger partial charge in [0, 0.05) is 63.4 Å². The lowest BCUT2D eigenvalue weighted by Crippen LogP contribution is -2.48. The van der Waals surface area contributed by atoms with E-state index in [0.717, 1.165) is 36.6 Å². The normalized spacial score (nSPS) is 14.9. The topological polar surface area (TPSA) is 67.2 Å². The van der Waals surface area contributed by atoms with Crippen molar-refractivity contribution in [1.29, 1.82) is 0 Å². The summed E-state index contributed by atoms with van der Waals surface area (Å²) in [4.78, 5) is 34.1. The van der Waals surface area contributed by atoms with E-state index in [1.54, 1.807) is 16.7 Å². The van der Waals surface area contributed by atoms with Crippen LogP contribution in [0.15, 0.2) is 52.8 Å². The van der Waals surface area contributed by atoms with Gasteiger partial charge in [-0.1, -0.05) is 30.3 Å². The summed E-state index contributed by atoms with van der Waals surface area (Å²) in [5, 5.41) is 1.87. The van der Waals surface area contributed by atoms with Crippen LogP contribution in [-0.4, -0.2) is 64.5 Å². The second kappa shape index (κ2) is 10.7. The Balaban J connectivity index is 1.13. The standard InChI is InChI=1S/C23H28N4O3S/c28-21(7-4-14-30-15-8-19-5-2-1-3-6-19)26-11-9-25(10-12-26)18-20-17-22(29)27-13-16-31-23(27)24-20/h1-3,5-6,13,16-17H,4,7-12,14-15,18H2. The van der Waals surface area contributed by atoms with E-state index >= 15 is 0 Å². The molecule has 1 aliphatic rings. The predicted octanol–water partition coefficient (Wildman–Crippen LogP) is 2.44. The van der Waals surface area contributed by atoms with Crippen molar-refractivity contribution in [3.8, 4) is 0 Å². The second-order valence-corrected chi connectivity index (χ2v) is 8.62. The number of piperazine rings is 1. The zero-order chi connectivity index (χ0) is 21.5. The molecule has 1 fully saturated rings. The SMILES string of the molecule is O=C(CCCOCCc1ccccc1)N1CCN(Cc2cc(=O)n3ccsc3n2)CC1. The van der Waals surface area contributed by atoms with E-state index in [-0.39, 0.29) is 11.5 Å². The summed E-state index contributed by atoms with van der Waals surface area (Å²) in [6.07, 6.45) is 3.93. The molecule has 0 aliphatic carbocycles. The van der Waals surface area contributed by atoms with Crippen LogP contribution in [0.3, 0.4) is 0 Å². The fraction of sp³-hybridized carbons (Fsp3) is 0.435. The molecule has 7 nitrogen and oxygen atoms in total. The third-order valence-electron chi connectivity index (χ3n) is 5.52. The van der Waals surface area contributed by atoms with Gasteiger partial charge < -0.3 is 9.64 Å². The molecule has 164 valence electrons. The van der Waals surface area contributed by atoms with Gasteiger partial charge in [-0.05, 0) is 18.4 Å². The predicted molar refractivity (Wildman–Crippen MR) is 121 cm³/mol. The summed E-state index contributed by atoms with van der Waals surface area (Å²) in [6.45, 7) is 4.97. The van der Waals surface area contributed by atoms with Crippen molar-refractivity contribution in [2.24, 2.45) is 0 Å². The number of benzene rings is 1. The van der Waals surface area contributed by atoms with Gasteiger partial charge in [0.15, 0.2) is 4.96 Å². The Morgan fingerprint density at radius 3 is 2.71 bits per heavy atom. The summed E-state index contributed by atoms with van der Waals surface area (Å²) in [5.41, 5.74) is 2.02. The molecule has 1 saturated heterocycles. The number of ether oxygens (including phenoxy) is 1. The number of hydrogen-bond acceptors (Lipinski definition) is 6. The number of carbonyl (C=O) groups excluding carboxylic acids is 1. The Labute approximate surface area is 185 Å². The summed E-state index contributed by atoms with van der Waals surface area (Å²) < 4.78 is 7.25. The maximum atomic E-state index is 12.5. The Hall–Kier alpha value is -2.55. The minimum atomic E-state index is -0.0407. The first kappa shape index (κ1) is 21.7. The molecule has 0 atom stereocenters. The first-order valence-electron chi connectivity index (χ1n) is 10.8. The molecule has 0 radical (unpaired) electrons. The molecule has 1 aliphatic heterocycles. The van der Waals surface area contributed by atoms with Crippen LogP contribution >= 0.6 is 11.3 Å². The van der Waals surface area contributed by atoms with Crippen molar-refractivity contribution in [2.75, 3.05) is 39.4 Å². The summed E-state index contributed by atoms with van der Waals surface area (Å²) >= 11 is 1.46. The van der Waals surface area contributed by atoms with Gasteiger partial charge >= 0.3 is 0 Å². The minimum absolute atomic E-state index is 0.0407. The number of aromatic nitrogens is 2. The maximum Gasteiger partial charge on any atom is 0.258 e. The molecule has 3 aromatic rings. The van der Waals surface area contributed by atoms with Gasteiger partial charge in [0.1, 0.15) is 0 Å². The van der Waals surface area contributed by atoms with Crippen LogP contribution < -0.4 is 5.56 Å². The van der Waals surface area contributed by atoms with Crippen LogP contribution in [0.2, 0.25) is 0 Å². The molecule has 2 aromatic heterocycles. The summed E-state index contributed by atoms with van der Waals surface area (Å²) in [6, 6.07) is 11.9. The lowest BCUT2D eigenvalue weighted by Gasteiger charge is -2.34. The maximum absolute atomic E-state index is 12.5. The molecule has 0 N–H and O–H groups in total. The molecule has 0 bridgehead atoms. The summed E-state index contributed by atoms with van der Waals surface area (Å²) in [7, 11) is 0. The van der Waals surface area contributed by atoms with E-state index in [1.807, 2.05) is 28.5 Å². The number of nitrogens with zero attached hydrogens (tertiary/aromatic N) is 4. The van der Waals surface area contributed by atoms with Crippen LogP contribution in [0.5, 0.6) is 0 Å². The van der Waals surface area contributed by atoms with E-state index in [0.29, 0.717) is 39.3 Å². The first-order chi connectivity index (χ1) is 15.2. The zero-order valence-corrected chi connectivity index (χ0v) is 18.4. The highest BCUT2D eigenvalue weighted by molar-refractivity contribution is 7.15. The molecule has 0 saturated carbocycles. The van der Waals surface area contributed by atoms with E-state index in [1.165, 1.54) is 16.9 Å². The van der Waals surface area contributed by atoms with Gasteiger partial charge in [-0.3, -0.25) is 18.9 Å². The van der Waals surface area contributed by atoms with Crippen molar-refractivity contribution in [1.82, 2.24) is 19.2 Å². The number of carbonyl (C=O) groups is 1. The molecule has 0 spiro atoms. The molecule has 1 amide bonds.